The van der Waals surface area contributed by atoms with Gasteiger partial charge in [0.2, 0.25) is 0 Å². The summed E-state index contributed by atoms with van der Waals surface area (Å²) >= 11 is 0. The first-order valence-corrected chi connectivity index (χ1v) is 6.09. The van der Waals surface area contributed by atoms with Gasteiger partial charge in [-0.05, 0) is 58.2 Å². The van der Waals surface area contributed by atoms with Crippen molar-refractivity contribution in [3.05, 3.63) is 0 Å². The summed E-state index contributed by atoms with van der Waals surface area (Å²) in [6.45, 7) is 4.14. The Balaban J connectivity index is 2.57. The van der Waals surface area contributed by atoms with Gasteiger partial charge in [-0.25, -0.2) is 0 Å². The van der Waals surface area contributed by atoms with Crippen molar-refractivity contribution in [2.45, 2.75) is 45.1 Å². The molecule has 0 spiro atoms. The second-order valence-electron chi connectivity index (χ2n) is 5.38. The van der Waals surface area contributed by atoms with Crippen molar-refractivity contribution in [2.24, 2.45) is 11.1 Å². The van der Waals surface area contributed by atoms with Crippen molar-refractivity contribution in [1.29, 1.82) is 0 Å². The summed E-state index contributed by atoms with van der Waals surface area (Å²) in [7, 11) is 2.12. The lowest BCUT2D eigenvalue weighted by Gasteiger charge is -2.41. The summed E-state index contributed by atoms with van der Waals surface area (Å²) in [5.41, 5.74) is 6.05. The molecule has 0 aliphatic carbocycles. The number of nitrogens with two attached hydrogens (primary N) is 1. The Morgan fingerprint density at radius 2 is 2.06 bits per heavy atom. The Hall–Kier alpha value is -0.610. The molecule has 16 heavy (non-hydrogen) atoms. The van der Waals surface area contributed by atoms with Gasteiger partial charge in [-0.1, -0.05) is 0 Å². The first-order valence-electron chi connectivity index (χ1n) is 6.09. The second-order valence-corrected chi connectivity index (χ2v) is 5.38. The molecular weight excluding hydrogens is 204 g/mol. The van der Waals surface area contributed by atoms with Crippen LogP contribution in [0.5, 0.6) is 0 Å². The molecule has 4 heteroatoms. The minimum atomic E-state index is -0.692. The van der Waals surface area contributed by atoms with Crippen molar-refractivity contribution in [3.63, 3.8) is 0 Å². The van der Waals surface area contributed by atoms with Crippen LogP contribution in [0.3, 0.4) is 0 Å². The molecule has 94 valence electrons. The molecule has 1 fully saturated rings. The maximum Gasteiger partial charge on any atom is 0.303 e. The molecule has 1 atom stereocenters. The van der Waals surface area contributed by atoms with Crippen molar-refractivity contribution < 1.29 is 9.90 Å². The third kappa shape index (κ3) is 4.10. The highest BCUT2D eigenvalue weighted by molar-refractivity contribution is 5.66. The highest BCUT2D eigenvalue weighted by Gasteiger charge is 2.34. The van der Waals surface area contributed by atoms with Crippen LogP contribution in [0.2, 0.25) is 0 Å². The first kappa shape index (κ1) is 13.5. The molecule has 4 nitrogen and oxygen atoms in total. The molecule has 1 saturated heterocycles. The molecule has 1 heterocycles. The van der Waals surface area contributed by atoms with Crippen LogP contribution in [-0.4, -0.2) is 42.2 Å². The average Bonchev–Trinajstić information content (AvgIpc) is 2.19. The molecule has 0 bridgehead atoms. The van der Waals surface area contributed by atoms with Gasteiger partial charge in [0, 0.05) is 12.5 Å². The van der Waals surface area contributed by atoms with Gasteiger partial charge < -0.3 is 15.7 Å². The van der Waals surface area contributed by atoms with Gasteiger partial charge >= 0.3 is 5.97 Å². The third-order valence-electron chi connectivity index (χ3n) is 3.67. The highest BCUT2D eigenvalue weighted by Crippen LogP contribution is 2.39. The Labute approximate surface area is 97.8 Å². The maximum absolute atomic E-state index is 10.7. The Morgan fingerprint density at radius 3 is 2.50 bits per heavy atom. The number of carboxylic acids is 1. The van der Waals surface area contributed by atoms with E-state index in [-0.39, 0.29) is 17.9 Å². The van der Waals surface area contributed by atoms with Crippen LogP contribution in [-0.2, 0) is 4.79 Å². The molecule has 1 aliphatic heterocycles. The Bertz CT molecular complexity index is 233. The van der Waals surface area contributed by atoms with Crippen LogP contribution in [0.25, 0.3) is 0 Å². The van der Waals surface area contributed by atoms with E-state index < -0.39 is 5.97 Å². The fourth-order valence-electron chi connectivity index (χ4n) is 2.70. The molecule has 0 radical (unpaired) electrons. The fraction of sp³-hybridized carbons (Fsp3) is 0.917. The van der Waals surface area contributed by atoms with E-state index in [1.54, 1.807) is 0 Å². The summed E-state index contributed by atoms with van der Waals surface area (Å²) in [6.07, 6.45) is 4.17. The summed E-state index contributed by atoms with van der Waals surface area (Å²) in [5.74, 6) is -0.692. The number of aliphatic carboxylic acids is 1. The maximum atomic E-state index is 10.7. The van der Waals surface area contributed by atoms with Crippen molar-refractivity contribution in [3.8, 4) is 0 Å². The minimum Gasteiger partial charge on any atom is -0.481 e. The zero-order valence-electron chi connectivity index (χ0n) is 10.4. The summed E-state index contributed by atoms with van der Waals surface area (Å²) in [5, 5.41) is 8.80. The number of nitrogens with zero attached hydrogens (tertiary/aromatic N) is 1. The molecule has 0 saturated carbocycles. The zero-order chi connectivity index (χ0) is 12.2. The Morgan fingerprint density at radius 1 is 1.50 bits per heavy atom. The van der Waals surface area contributed by atoms with E-state index >= 15 is 0 Å². The number of hydrogen-bond acceptors (Lipinski definition) is 3. The smallest absolute Gasteiger partial charge is 0.303 e. The van der Waals surface area contributed by atoms with E-state index in [9.17, 15) is 4.79 Å². The number of likely N-dealkylation sites (tertiary alicyclic amines) is 1. The van der Waals surface area contributed by atoms with E-state index in [1.807, 2.05) is 6.92 Å². The Kier molecular flexibility index (Phi) is 4.74. The minimum absolute atomic E-state index is 0.164. The molecule has 0 aromatic carbocycles. The molecule has 0 amide bonds. The monoisotopic (exact) mass is 228 g/mol. The molecule has 1 rings (SSSR count). The van der Waals surface area contributed by atoms with E-state index in [4.69, 9.17) is 10.8 Å². The number of hydrogen-bond donors (Lipinski definition) is 2. The van der Waals surface area contributed by atoms with Crippen molar-refractivity contribution in [2.75, 3.05) is 20.1 Å². The lowest BCUT2D eigenvalue weighted by atomic mass is 9.71. The third-order valence-corrected chi connectivity index (χ3v) is 3.67. The van der Waals surface area contributed by atoms with Crippen LogP contribution in [0.15, 0.2) is 0 Å². The molecule has 0 aromatic rings. The average molecular weight is 228 g/mol. The second kappa shape index (κ2) is 5.64. The molecular formula is C12H24N2O2. The van der Waals surface area contributed by atoms with Gasteiger partial charge in [-0.2, -0.15) is 0 Å². The largest absolute Gasteiger partial charge is 0.481 e. The van der Waals surface area contributed by atoms with Gasteiger partial charge in [0.25, 0.3) is 0 Å². The molecule has 1 aliphatic rings. The van der Waals surface area contributed by atoms with Gasteiger partial charge in [-0.15, -0.1) is 0 Å². The SMILES string of the molecule is CC(N)CC1(CCC(=O)O)CCN(C)CC1. The molecule has 3 N–H and O–H groups in total. The van der Waals surface area contributed by atoms with E-state index in [2.05, 4.69) is 11.9 Å². The number of carbonyl (C=O) groups is 1. The van der Waals surface area contributed by atoms with Gasteiger partial charge in [-0.3, -0.25) is 4.79 Å². The fourth-order valence-corrected chi connectivity index (χ4v) is 2.70. The lowest BCUT2D eigenvalue weighted by molar-refractivity contribution is -0.138. The van der Waals surface area contributed by atoms with Crippen LogP contribution in [0.4, 0.5) is 0 Å². The summed E-state index contributed by atoms with van der Waals surface area (Å²) in [4.78, 5) is 13.0. The normalized spacial score (nSPS) is 22.9. The summed E-state index contributed by atoms with van der Waals surface area (Å²) in [6, 6.07) is 0.164. The van der Waals surface area contributed by atoms with Crippen LogP contribution >= 0.6 is 0 Å². The van der Waals surface area contributed by atoms with Crippen molar-refractivity contribution in [1.82, 2.24) is 4.90 Å². The highest BCUT2D eigenvalue weighted by atomic mass is 16.4. The first-order chi connectivity index (χ1) is 7.43. The summed E-state index contributed by atoms with van der Waals surface area (Å²) < 4.78 is 0. The quantitative estimate of drug-likeness (QED) is 0.744. The van der Waals surface area contributed by atoms with E-state index in [0.717, 1.165) is 38.8 Å². The van der Waals surface area contributed by atoms with E-state index in [1.165, 1.54) is 0 Å². The van der Waals surface area contributed by atoms with E-state index in [0.29, 0.717) is 0 Å². The topological polar surface area (TPSA) is 66.6 Å². The van der Waals surface area contributed by atoms with Crippen molar-refractivity contribution >= 4 is 5.97 Å². The van der Waals surface area contributed by atoms with Gasteiger partial charge in [0.05, 0.1) is 0 Å². The molecule has 0 aromatic heterocycles. The van der Waals surface area contributed by atoms with Crippen LogP contribution in [0, 0.1) is 5.41 Å². The van der Waals surface area contributed by atoms with Gasteiger partial charge in [0.1, 0.15) is 0 Å². The number of carboxylic acid groups (broad SMARTS) is 1. The van der Waals surface area contributed by atoms with Crippen LogP contribution < -0.4 is 5.73 Å². The predicted octanol–water partition coefficient (Wildman–Crippen LogP) is 1.30. The lowest BCUT2D eigenvalue weighted by Crippen LogP contribution is -2.41. The standard InChI is InChI=1S/C12H24N2O2/c1-10(13)9-12(4-3-11(15)16)5-7-14(2)8-6-12/h10H,3-9,13H2,1-2H3,(H,15,16). The van der Waals surface area contributed by atoms with Gasteiger partial charge in [0.15, 0.2) is 0 Å². The molecule has 1 unspecified atom stereocenters. The predicted molar refractivity (Wildman–Crippen MR) is 64.3 cm³/mol. The number of rotatable bonds is 5. The number of piperidine rings is 1. The zero-order valence-corrected chi connectivity index (χ0v) is 10.4. The van der Waals surface area contributed by atoms with Crippen LogP contribution in [0.1, 0.15) is 39.0 Å².